The summed E-state index contributed by atoms with van der Waals surface area (Å²) in [6.07, 6.45) is 0. The van der Waals surface area contributed by atoms with Gasteiger partial charge in [-0.3, -0.25) is 0 Å². The summed E-state index contributed by atoms with van der Waals surface area (Å²) in [6.45, 7) is 0. The van der Waals surface area contributed by atoms with E-state index in [-0.39, 0.29) is 0 Å². The molecule has 9 aromatic carbocycles. The summed E-state index contributed by atoms with van der Waals surface area (Å²) in [5, 5.41) is 2.51. The number of hydrogen-bond donors (Lipinski definition) is 0. The van der Waals surface area contributed by atoms with Crippen LogP contribution in [0.15, 0.2) is 231 Å². The highest BCUT2D eigenvalue weighted by Crippen LogP contribution is 2.43. The summed E-state index contributed by atoms with van der Waals surface area (Å²) >= 11 is 0. The van der Waals surface area contributed by atoms with Crippen LogP contribution in [-0.4, -0.2) is 19.5 Å². The third-order valence-corrected chi connectivity index (χ3v) is 11.5. The summed E-state index contributed by atoms with van der Waals surface area (Å²) in [7, 11) is 0. The van der Waals surface area contributed by atoms with Gasteiger partial charge in [0, 0.05) is 33.2 Å². The molecule has 0 N–H and O–H groups in total. The second-order valence-corrected chi connectivity index (χ2v) is 15.2. The van der Waals surface area contributed by atoms with Gasteiger partial charge in [0.2, 0.25) is 0 Å². The molecule has 2 heterocycles. The van der Waals surface area contributed by atoms with Gasteiger partial charge in [-0.2, -0.15) is 0 Å². The van der Waals surface area contributed by atoms with E-state index in [4.69, 9.17) is 15.0 Å². The fraction of sp³-hybridized carbons (Fsp3) is 0. The number of nitrogens with zero attached hydrogens (tertiary/aromatic N) is 4. The van der Waals surface area contributed by atoms with E-state index in [9.17, 15) is 0 Å². The third kappa shape index (κ3) is 6.76. The van der Waals surface area contributed by atoms with Crippen LogP contribution in [-0.2, 0) is 0 Å². The zero-order valence-corrected chi connectivity index (χ0v) is 33.2. The molecule has 0 fully saturated rings. The Morgan fingerprint density at radius 2 is 0.525 bits per heavy atom. The van der Waals surface area contributed by atoms with Crippen molar-refractivity contribution in [2.24, 2.45) is 0 Å². The van der Waals surface area contributed by atoms with Crippen molar-refractivity contribution >= 4 is 21.8 Å². The number of para-hydroxylation sites is 2. The van der Waals surface area contributed by atoms with Gasteiger partial charge >= 0.3 is 0 Å². The molecule has 61 heavy (non-hydrogen) atoms. The van der Waals surface area contributed by atoms with Crippen LogP contribution in [0.25, 0.3) is 106 Å². The van der Waals surface area contributed by atoms with Crippen LogP contribution < -0.4 is 0 Å². The molecule has 2 aromatic heterocycles. The van der Waals surface area contributed by atoms with Crippen LogP contribution in [0.1, 0.15) is 0 Å². The molecule has 0 saturated carbocycles. The van der Waals surface area contributed by atoms with Gasteiger partial charge in [0.25, 0.3) is 0 Å². The summed E-state index contributed by atoms with van der Waals surface area (Å²) < 4.78 is 2.37. The van der Waals surface area contributed by atoms with E-state index >= 15 is 0 Å². The molecule has 286 valence electrons. The van der Waals surface area contributed by atoms with E-state index in [1.165, 1.54) is 32.9 Å². The summed E-state index contributed by atoms with van der Waals surface area (Å²) in [5.41, 5.74) is 15.6. The third-order valence-electron chi connectivity index (χ3n) is 11.5. The van der Waals surface area contributed by atoms with Crippen molar-refractivity contribution in [2.75, 3.05) is 0 Å². The van der Waals surface area contributed by atoms with Crippen LogP contribution in [0.2, 0.25) is 0 Å². The van der Waals surface area contributed by atoms with Gasteiger partial charge in [0.15, 0.2) is 17.5 Å². The van der Waals surface area contributed by atoms with Gasteiger partial charge in [0.05, 0.1) is 11.0 Å². The molecule has 4 nitrogen and oxygen atoms in total. The van der Waals surface area contributed by atoms with Crippen molar-refractivity contribution in [1.82, 2.24) is 19.5 Å². The summed E-state index contributed by atoms with van der Waals surface area (Å²) in [6, 6.07) is 81.4. The minimum Gasteiger partial charge on any atom is -0.309 e. The fourth-order valence-corrected chi connectivity index (χ4v) is 8.52. The van der Waals surface area contributed by atoms with E-state index in [1.54, 1.807) is 0 Å². The number of rotatable bonds is 8. The lowest BCUT2D eigenvalue weighted by molar-refractivity contribution is 1.07. The minimum absolute atomic E-state index is 0.632. The molecule has 0 aliphatic heterocycles. The molecule has 0 saturated heterocycles. The van der Waals surface area contributed by atoms with E-state index in [2.05, 4.69) is 174 Å². The molecule has 0 atom stereocenters. The van der Waals surface area contributed by atoms with Gasteiger partial charge in [0.1, 0.15) is 0 Å². The molecule has 11 aromatic rings. The first-order valence-corrected chi connectivity index (χ1v) is 20.6. The number of aromatic nitrogens is 4. The standard InChI is InChI=1S/C57H38N4/c1-5-17-39(18-6-1)49-38-52(42-33-35-46(36-34-42)61-53-27-15-13-25-47(53)48-26-14-16-28-54(48)61)50(40-19-7-2-8-20-40)37-51(49)41-29-31-45(32-30-41)57-59-55(43-21-9-3-10-22-43)58-56(60-57)44-23-11-4-12-24-44/h1-38H. The molecule has 0 aliphatic rings. The van der Waals surface area contributed by atoms with Crippen LogP contribution in [0, 0.1) is 0 Å². The Hall–Kier alpha value is -8.21. The van der Waals surface area contributed by atoms with Crippen LogP contribution in [0.3, 0.4) is 0 Å². The van der Waals surface area contributed by atoms with E-state index in [0.29, 0.717) is 17.5 Å². The highest BCUT2D eigenvalue weighted by molar-refractivity contribution is 6.09. The summed E-state index contributed by atoms with van der Waals surface area (Å²) in [4.78, 5) is 14.9. The van der Waals surface area contributed by atoms with Gasteiger partial charge in [-0.05, 0) is 80.9 Å². The average Bonchev–Trinajstić information content (AvgIpc) is 3.69. The molecular formula is C57H38N4. The Labute approximate surface area is 354 Å². The van der Waals surface area contributed by atoms with Gasteiger partial charge in [-0.1, -0.05) is 194 Å². The molecule has 0 radical (unpaired) electrons. The fourth-order valence-electron chi connectivity index (χ4n) is 8.52. The first kappa shape index (κ1) is 35.9. The zero-order chi connectivity index (χ0) is 40.5. The second-order valence-electron chi connectivity index (χ2n) is 15.2. The van der Waals surface area contributed by atoms with E-state index < -0.39 is 0 Å². The van der Waals surface area contributed by atoms with Crippen molar-refractivity contribution in [1.29, 1.82) is 0 Å². The SMILES string of the molecule is c1ccc(-c2nc(-c3ccccc3)nc(-c3ccc(-c4cc(-c5ccccc5)c(-c5ccc(-n6c7ccccc7c7ccccc76)cc5)cc4-c4ccccc4)cc3)n2)cc1. The lowest BCUT2D eigenvalue weighted by Crippen LogP contribution is -2.00. The normalized spacial score (nSPS) is 11.3. The molecule has 11 rings (SSSR count). The lowest BCUT2D eigenvalue weighted by atomic mass is 9.85. The zero-order valence-electron chi connectivity index (χ0n) is 33.2. The maximum Gasteiger partial charge on any atom is 0.164 e. The lowest BCUT2D eigenvalue weighted by Gasteiger charge is -2.19. The maximum absolute atomic E-state index is 4.99. The number of fused-ring (bicyclic) bond motifs is 3. The monoisotopic (exact) mass is 778 g/mol. The largest absolute Gasteiger partial charge is 0.309 e. The van der Waals surface area contributed by atoms with Crippen molar-refractivity contribution in [3.05, 3.63) is 231 Å². The topological polar surface area (TPSA) is 43.6 Å². The van der Waals surface area contributed by atoms with E-state index in [1.807, 2.05) is 60.7 Å². The van der Waals surface area contributed by atoms with Crippen molar-refractivity contribution in [2.45, 2.75) is 0 Å². The quantitative estimate of drug-likeness (QED) is 0.154. The molecule has 0 aliphatic carbocycles. The van der Waals surface area contributed by atoms with Gasteiger partial charge in [-0.15, -0.1) is 0 Å². The molecule has 0 unspecified atom stereocenters. The average molecular weight is 779 g/mol. The number of hydrogen-bond acceptors (Lipinski definition) is 3. The van der Waals surface area contributed by atoms with Gasteiger partial charge < -0.3 is 4.57 Å². The predicted octanol–water partition coefficient (Wildman–Crippen LogP) is 14.6. The molecule has 0 bridgehead atoms. The molecule has 0 spiro atoms. The molecule has 4 heteroatoms. The van der Waals surface area contributed by atoms with Gasteiger partial charge in [-0.25, -0.2) is 15.0 Å². The maximum atomic E-state index is 4.99. The Kier molecular flexibility index (Phi) is 9.14. The smallest absolute Gasteiger partial charge is 0.164 e. The van der Waals surface area contributed by atoms with Crippen molar-refractivity contribution in [3.8, 4) is 84.4 Å². The number of benzene rings is 9. The highest BCUT2D eigenvalue weighted by atomic mass is 15.0. The van der Waals surface area contributed by atoms with Crippen molar-refractivity contribution < 1.29 is 0 Å². The highest BCUT2D eigenvalue weighted by Gasteiger charge is 2.18. The molecular weight excluding hydrogens is 741 g/mol. The molecule has 0 amide bonds. The first-order chi connectivity index (χ1) is 30.2. The van der Waals surface area contributed by atoms with Crippen LogP contribution >= 0.6 is 0 Å². The Morgan fingerprint density at radius 1 is 0.246 bits per heavy atom. The Balaban J connectivity index is 1.04. The van der Waals surface area contributed by atoms with Crippen LogP contribution in [0.5, 0.6) is 0 Å². The first-order valence-electron chi connectivity index (χ1n) is 20.6. The second kappa shape index (κ2) is 15.5. The predicted molar refractivity (Wildman–Crippen MR) is 252 cm³/mol. The summed E-state index contributed by atoms with van der Waals surface area (Å²) in [5.74, 6) is 1.92. The van der Waals surface area contributed by atoms with Crippen molar-refractivity contribution in [3.63, 3.8) is 0 Å². The van der Waals surface area contributed by atoms with E-state index in [0.717, 1.165) is 55.8 Å². The Bertz CT molecular complexity index is 3190. The Morgan fingerprint density at radius 3 is 0.918 bits per heavy atom. The van der Waals surface area contributed by atoms with Crippen LogP contribution in [0.4, 0.5) is 0 Å². The minimum atomic E-state index is 0.632.